The molecule has 0 amide bonds. The third-order valence-electron chi connectivity index (χ3n) is 8.46. The molecule has 0 aliphatic rings. The number of carbonyl (C=O) groups excluding carboxylic acids is 2. The van der Waals surface area contributed by atoms with Gasteiger partial charge in [-0.05, 0) is 90.4 Å². The zero-order valence-corrected chi connectivity index (χ0v) is 29.2. The summed E-state index contributed by atoms with van der Waals surface area (Å²) in [5, 5.41) is 0. The third kappa shape index (κ3) is 30.7. The molecule has 43 heavy (non-hydrogen) atoms. The lowest BCUT2D eigenvalue weighted by molar-refractivity contribution is -0.150. The van der Waals surface area contributed by atoms with Crippen molar-refractivity contribution in [3.05, 3.63) is 0 Å². The van der Waals surface area contributed by atoms with Crippen LogP contribution in [0.5, 0.6) is 0 Å². The largest absolute Gasteiger partial charge is 0.466 e. The quantitative estimate of drug-likeness (QED) is 0.0577. The van der Waals surface area contributed by atoms with E-state index < -0.39 is 0 Å². The predicted octanol–water partition coefficient (Wildman–Crippen LogP) is 9.90. The number of carbonyl (C=O) groups is 2. The molecule has 6 heteroatoms. The van der Waals surface area contributed by atoms with Crippen molar-refractivity contribution in [3.8, 4) is 0 Å². The van der Waals surface area contributed by atoms with Gasteiger partial charge in [0.25, 0.3) is 0 Å². The molecule has 0 aliphatic heterocycles. The molecule has 2 N–H and O–H groups in total. The van der Waals surface area contributed by atoms with E-state index in [-0.39, 0.29) is 18.0 Å². The van der Waals surface area contributed by atoms with Gasteiger partial charge in [0.1, 0.15) is 6.10 Å². The van der Waals surface area contributed by atoms with Gasteiger partial charge in [-0.15, -0.1) is 0 Å². The molecule has 0 aliphatic carbocycles. The Morgan fingerprint density at radius 3 is 1.56 bits per heavy atom. The van der Waals surface area contributed by atoms with Crippen molar-refractivity contribution in [2.75, 3.05) is 32.8 Å². The summed E-state index contributed by atoms with van der Waals surface area (Å²) in [6.07, 6.45) is 28.9. The Labute approximate surface area is 268 Å². The van der Waals surface area contributed by atoms with Crippen molar-refractivity contribution in [1.82, 2.24) is 4.90 Å². The lowest BCUT2D eigenvalue weighted by Crippen LogP contribution is -2.28. The van der Waals surface area contributed by atoms with E-state index in [4.69, 9.17) is 15.2 Å². The van der Waals surface area contributed by atoms with Gasteiger partial charge in [0.05, 0.1) is 6.61 Å². The number of hydrogen-bond acceptors (Lipinski definition) is 6. The fourth-order valence-corrected chi connectivity index (χ4v) is 5.64. The number of rotatable bonds is 34. The molecule has 0 rings (SSSR count). The van der Waals surface area contributed by atoms with Gasteiger partial charge in [-0.3, -0.25) is 9.59 Å². The summed E-state index contributed by atoms with van der Waals surface area (Å²) in [4.78, 5) is 26.9. The Balaban J connectivity index is 3.93. The Hall–Kier alpha value is -1.14. The molecule has 0 saturated carbocycles. The van der Waals surface area contributed by atoms with Crippen molar-refractivity contribution in [2.45, 2.75) is 194 Å². The van der Waals surface area contributed by atoms with Crippen LogP contribution in [-0.2, 0) is 19.1 Å². The molecule has 0 heterocycles. The van der Waals surface area contributed by atoms with Crippen LogP contribution >= 0.6 is 0 Å². The second kappa shape index (κ2) is 33.7. The summed E-state index contributed by atoms with van der Waals surface area (Å²) < 4.78 is 11.2. The van der Waals surface area contributed by atoms with Gasteiger partial charge in [0.15, 0.2) is 0 Å². The Morgan fingerprint density at radius 2 is 0.977 bits per heavy atom. The van der Waals surface area contributed by atoms with Crippen LogP contribution in [-0.4, -0.2) is 55.7 Å². The highest BCUT2D eigenvalue weighted by Crippen LogP contribution is 2.17. The minimum absolute atomic E-state index is 0.0164. The first-order valence-electron chi connectivity index (χ1n) is 18.8. The second-order valence-corrected chi connectivity index (χ2v) is 12.8. The molecule has 1 unspecified atom stereocenters. The highest BCUT2D eigenvalue weighted by atomic mass is 16.5. The topological polar surface area (TPSA) is 81.9 Å². The molecular weight excluding hydrogens is 536 g/mol. The van der Waals surface area contributed by atoms with Crippen LogP contribution in [0.3, 0.4) is 0 Å². The Bertz CT molecular complexity index is 601. The van der Waals surface area contributed by atoms with Crippen LogP contribution in [0.25, 0.3) is 0 Å². The summed E-state index contributed by atoms with van der Waals surface area (Å²) in [7, 11) is 0. The van der Waals surface area contributed by atoms with E-state index in [2.05, 4.69) is 25.7 Å². The van der Waals surface area contributed by atoms with Gasteiger partial charge in [-0.1, -0.05) is 111 Å². The van der Waals surface area contributed by atoms with Gasteiger partial charge < -0.3 is 20.1 Å². The molecule has 0 bridgehead atoms. The number of nitrogens with two attached hydrogens (primary N) is 1. The Morgan fingerprint density at radius 1 is 0.535 bits per heavy atom. The summed E-state index contributed by atoms with van der Waals surface area (Å²) in [6.45, 7) is 11.4. The van der Waals surface area contributed by atoms with Crippen LogP contribution in [0.4, 0.5) is 0 Å². The molecule has 0 radical (unpaired) electrons. The van der Waals surface area contributed by atoms with Crippen molar-refractivity contribution in [2.24, 2.45) is 5.73 Å². The van der Waals surface area contributed by atoms with E-state index in [0.29, 0.717) is 19.4 Å². The molecule has 1 atom stereocenters. The minimum Gasteiger partial charge on any atom is -0.466 e. The maximum absolute atomic E-state index is 12.5. The van der Waals surface area contributed by atoms with E-state index in [1.807, 2.05) is 0 Å². The molecule has 0 fully saturated rings. The van der Waals surface area contributed by atoms with Gasteiger partial charge in [-0.25, -0.2) is 0 Å². The highest BCUT2D eigenvalue weighted by Gasteiger charge is 2.14. The molecule has 256 valence electrons. The fourth-order valence-electron chi connectivity index (χ4n) is 5.64. The van der Waals surface area contributed by atoms with Crippen LogP contribution in [0, 0.1) is 0 Å². The van der Waals surface area contributed by atoms with Crippen molar-refractivity contribution in [3.63, 3.8) is 0 Å². The third-order valence-corrected chi connectivity index (χ3v) is 8.46. The molecule has 0 aromatic rings. The number of ether oxygens (including phenoxy) is 2. The second-order valence-electron chi connectivity index (χ2n) is 12.8. The van der Waals surface area contributed by atoms with Crippen LogP contribution in [0.2, 0.25) is 0 Å². The molecule has 0 saturated heterocycles. The SMILES string of the molecule is CCCCCCOC(=O)CCCCCCCN(CCCN)CCCCCCCC(=O)OC(CCCCC)CCCCCC. The van der Waals surface area contributed by atoms with E-state index in [1.165, 1.54) is 96.3 Å². The van der Waals surface area contributed by atoms with E-state index in [0.717, 1.165) is 84.0 Å². The van der Waals surface area contributed by atoms with E-state index >= 15 is 0 Å². The minimum atomic E-state index is -0.0241. The van der Waals surface area contributed by atoms with E-state index in [9.17, 15) is 9.59 Å². The van der Waals surface area contributed by atoms with Gasteiger partial charge in [0.2, 0.25) is 0 Å². The normalized spacial score (nSPS) is 12.1. The summed E-state index contributed by atoms with van der Waals surface area (Å²) in [5.41, 5.74) is 5.79. The number of hydrogen-bond donors (Lipinski definition) is 1. The maximum Gasteiger partial charge on any atom is 0.306 e. The highest BCUT2D eigenvalue weighted by molar-refractivity contribution is 5.69. The monoisotopic (exact) mass is 611 g/mol. The molecule has 0 spiro atoms. The van der Waals surface area contributed by atoms with Crippen molar-refractivity contribution < 1.29 is 19.1 Å². The predicted molar refractivity (Wildman–Crippen MR) is 183 cm³/mol. The van der Waals surface area contributed by atoms with Crippen molar-refractivity contribution in [1.29, 1.82) is 0 Å². The molecule has 6 nitrogen and oxygen atoms in total. The number of nitrogens with zero attached hydrogens (tertiary/aromatic N) is 1. The van der Waals surface area contributed by atoms with Crippen LogP contribution < -0.4 is 5.73 Å². The number of esters is 2. The van der Waals surface area contributed by atoms with Gasteiger partial charge in [-0.2, -0.15) is 0 Å². The number of unbranched alkanes of at least 4 members (excludes halogenated alkanes) is 16. The first-order valence-corrected chi connectivity index (χ1v) is 18.8. The zero-order chi connectivity index (χ0) is 31.6. The zero-order valence-electron chi connectivity index (χ0n) is 29.2. The maximum atomic E-state index is 12.5. The standard InChI is InChI=1S/C37H74N2O4/c1-4-7-10-19-27-35(26-18-9-6-3)43-37(41)29-21-15-13-17-23-32-39(33-25-30-38)31-22-16-12-14-20-28-36(40)42-34-24-11-8-5-2/h35H,4-34,38H2,1-3H3. The molecule has 0 aromatic heterocycles. The summed E-state index contributed by atoms with van der Waals surface area (Å²) in [6, 6.07) is 0. The molecular formula is C37H74N2O4. The summed E-state index contributed by atoms with van der Waals surface area (Å²) in [5.74, 6) is -0.00770. The summed E-state index contributed by atoms with van der Waals surface area (Å²) >= 11 is 0. The van der Waals surface area contributed by atoms with Crippen LogP contribution in [0.1, 0.15) is 188 Å². The average Bonchev–Trinajstić information content (AvgIpc) is 3.00. The first-order chi connectivity index (χ1) is 21.1. The molecule has 0 aromatic carbocycles. The Kier molecular flexibility index (Phi) is 32.9. The van der Waals surface area contributed by atoms with Crippen LogP contribution in [0.15, 0.2) is 0 Å². The lowest BCUT2D eigenvalue weighted by Gasteiger charge is -2.22. The average molecular weight is 611 g/mol. The van der Waals surface area contributed by atoms with E-state index in [1.54, 1.807) is 0 Å². The van der Waals surface area contributed by atoms with Crippen molar-refractivity contribution >= 4 is 11.9 Å². The van der Waals surface area contributed by atoms with Gasteiger partial charge in [0, 0.05) is 12.8 Å². The fraction of sp³-hybridized carbons (Fsp3) is 0.946. The smallest absolute Gasteiger partial charge is 0.306 e. The van der Waals surface area contributed by atoms with Gasteiger partial charge >= 0.3 is 11.9 Å². The first kappa shape index (κ1) is 41.9. The lowest BCUT2D eigenvalue weighted by atomic mass is 10.0.